The van der Waals surface area contributed by atoms with Gasteiger partial charge in [-0.05, 0) is 24.3 Å². The zero-order valence-corrected chi connectivity index (χ0v) is 14.8. The molecule has 0 bridgehead atoms. The van der Waals surface area contributed by atoms with E-state index in [2.05, 4.69) is 42.6 Å². The summed E-state index contributed by atoms with van der Waals surface area (Å²) in [5.41, 5.74) is 4.19. The number of hydrogen-bond donors (Lipinski definition) is 0. The van der Waals surface area contributed by atoms with E-state index in [-0.39, 0.29) is 0 Å². The summed E-state index contributed by atoms with van der Waals surface area (Å²) in [7, 11) is 0. The van der Waals surface area contributed by atoms with Crippen molar-refractivity contribution in [2.75, 3.05) is 31.2 Å². The standard InChI is InChI=1S/C21H19N5O/c1-2-4-18(5-3-1)26-19(12-16-6-7-22-15-20(16)26)17-13-23-21(24-14-17)25-8-10-27-11-9-25/h1-7,12-15H,8-11H2. The lowest BCUT2D eigenvalue weighted by Gasteiger charge is -2.26. The maximum atomic E-state index is 5.41. The molecule has 1 saturated heterocycles. The first-order valence-electron chi connectivity index (χ1n) is 9.06. The largest absolute Gasteiger partial charge is 0.378 e. The van der Waals surface area contributed by atoms with Gasteiger partial charge in [0.2, 0.25) is 5.95 Å². The molecule has 4 aromatic rings. The Morgan fingerprint density at radius 2 is 1.67 bits per heavy atom. The number of para-hydroxylation sites is 1. The Hall–Kier alpha value is -3.25. The molecule has 4 heterocycles. The van der Waals surface area contributed by atoms with Gasteiger partial charge < -0.3 is 14.2 Å². The van der Waals surface area contributed by atoms with Crippen molar-refractivity contribution in [1.82, 2.24) is 19.5 Å². The molecule has 6 heteroatoms. The van der Waals surface area contributed by atoms with E-state index in [1.807, 2.05) is 49.1 Å². The highest BCUT2D eigenvalue weighted by Crippen LogP contribution is 2.30. The van der Waals surface area contributed by atoms with Gasteiger partial charge in [-0.25, -0.2) is 9.97 Å². The fraction of sp³-hybridized carbons (Fsp3) is 0.190. The zero-order valence-electron chi connectivity index (χ0n) is 14.8. The second-order valence-corrected chi connectivity index (χ2v) is 6.51. The molecular formula is C21H19N5O. The monoisotopic (exact) mass is 357 g/mol. The Labute approximate surface area is 157 Å². The highest BCUT2D eigenvalue weighted by atomic mass is 16.5. The van der Waals surface area contributed by atoms with Crippen molar-refractivity contribution in [3.05, 3.63) is 67.3 Å². The summed E-state index contributed by atoms with van der Waals surface area (Å²) in [6, 6.07) is 14.5. The molecule has 0 N–H and O–H groups in total. The van der Waals surface area contributed by atoms with Crippen LogP contribution >= 0.6 is 0 Å². The molecule has 0 aliphatic carbocycles. The molecule has 0 saturated carbocycles. The molecule has 0 atom stereocenters. The van der Waals surface area contributed by atoms with Crippen molar-refractivity contribution in [2.45, 2.75) is 0 Å². The van der Waals surface area contributed by atoms with Gasteiger partial charge in [-0.15, -0.1) is 0 Å². The molecule has 3 aromatic heterocycles. The van der Waals surface area contributed by atoms with Crippen molar-refractivity contribution >= 4 is 16.9 Å². The van der Waals surface area contributed by atoms with E-state index in [0.717, 1.165) is 60.1 Å². The Morgan fingerprint density at radius 3 is 2.44 bits per heavy atom. The van der Waals surface area contributed by atoms with Crippen molar-refractivity contribution in [2.24, 2.45) is 0 Å². The summed E-state index contributed by atoms with van der Waals surface area (Å²) in [5, 5.41) is 1.14. The minimum Gasteiger partial charge on any atom is -0.378 e. The predicted molar refractivity (Wildman–Crippen MR) is 105 cm³/mol. The van der Waals surface area contributed by atoms with Crippen LogP contribution in [0.15, 0.2) is 67.3 Å². The van der Waals surface area contributed by atoms with Crippen LogP contribution in [0.1, 0.15) is 0 Å². The van der Waals surface area contributed by atoms with Crippen molar-refractivity contribution in [3.8, 4) is 16.9 Å². The van der Waals surface area contributed by atoms with Crippen LogP contribution in [0.3, 0.4) is 0 Å². The van der Waals surface area contributed by atoms with Gasteiger partial charge in [0.05, 0.1) is 30.6 Å². The molecule has 0 unspecified atom stereocenters. The number of hydrogen-bond acceptors (Lipinski definition) is 5. The minimum atomic E-state index is 0.723. The molecule has 134 valence electrons. The van der Waals surface area contributed by atoms with Crippen LogP contribution in [-0.4, -0.2) is 45.8 Å². The summed E-state index contributed by atoms with van der Waals surface area (Å²) in [6.07, 6.45) is 7.52. The van der Waals surface area contributed by atoms with Crippen LogP contribution in [0.5, 0.6) is 0 Å². The average molecular weight is 357 g/mol. The third-order valence-corrected chi connectivity index (χ3v) is 4.85. The van der Waals surface area contributed by atoms with Gasteiger partial charge in [0.25, 0.3) is 0 Å². The number of benzene rings is 1. The van der Waals surface area contributed by atoms with Gasteiger partial charge in [0.1, 0.15) is 0 Å². The van der Waals surface area contributed by atoms with Crippen LogP contribution < -0.4 is 4.90 Å². The van der Waals surface area contributed by atoms with Crippen LogP contribution in [0.4, 0.5) is 5.95 Å². The Morgan fingerprint density at radius 1 is 0.889 bits per heavy atom. The van der Waals surface area contributed by atoms with Crippen LogP contribution in [0.25, 0.3) is 27.8 Å². The van der Waals surface area contributed by atoms with Crippen molar-refractivity contribution < 1.29 is 4.74 Å². The smallest absolute Gasteiger partial charge is 0.225 e. The van der Waals surface area contributed by atoms with Gasteiger partial charge in [-0.3, -0.25) is 4.98 Å². The molecule has 0 spiro atoms. The van der Waals surface area contributed by atoms with E-state index in [1.54, 1.807) is 0 Å². The second kappa shape index (κ2) is 6.81. The van der Waals surface area contributed by atoms with E-state index in [4.69, 9.17) is 4.74 Å². The lowest BCUT2D eigenvalue weighted by Crippen LogP contribution is -2.37. The summed E-state index contributed by atoms with van der Waals surface area (Å²) in [6.45, 7) is 3.10. The number of ether oxygens (including phenoxy) is 1. The molecular weight excluding hydrogens is 338 g/mol. The van der Waals surface area contributed by atoms with Gasteiger partial charge >= 0.3 is 0 Å². The lowest BCUT2D eigenvalue weighted by atomic mass is 10.2. The SMILES string of the molecule is c1ccc(-n2c(-c3cnc(N4CCOCC4)nc3)cc3ccncc32)cc1. The number of morpholine rings is 1. The zero-order chi connectivity index (χ0) is 18.1. The third kappa shape index (κ3) is 2.94. The fourth-order valence-electron chi connectivity index (χ4n) is 3.50. The highest BCUT2D eigenvalue weighted by Gasteiger charge is 2.16. The van der Waals surface area contributed by atoms with Crippen LogP contribution in [0.2, 0.25) is 0 Å². The van der Waals surface area contributed by atoms with E-state index in [0.29, 0.717) is 0 Å². The van der Waals surface area contributed by atoms with Gasteiger partial charge in [0.15, 0.2) is 0 Å². The summed E-state index contributed by atoms with van der Waals surface area (Å²) < 4.78 is 7.61. The first-order valence-corrected chi connectivity index (χ1v) is 9.06. The number of nitrogens with zero attached hydrogens (tertiary/aromatic N) is 5. The van der Waals surface area contributed by atoms with E-state index in [9.17, 15) is 0 Å². The number of aromatic nitrogens is 4. The number of fused-ring (bicyclic) bond motifs is 1. The average Bonchev–Trinajstić information content (AvgIpc) is 3.15. The molecule has 5 rings (SSSR count). The van der Waals surface area contributed by atoms with Gasteiger partial charge in [-0.2, -0.15) is 0 Å². The summed E-state index contributed by atoms with van der Waals surface area (Å²) >= 11 is 0. The van der Waals surface area contributed by atoms with Crippen molar-refractivity contribution in [1.29, 1.82) is 0 Å². The fourth-order valence-corrected chi connectivity index (χ4v) is 3.50. The molecule has 0 radical (unpaired) electrons. The molecule has 1 fully saturated rings. The van der Waals surface area contributed by atoms with Gasteiger partial charge in [0, 0.05) is 48.3 Å². The molecule has 1 aliphatic rings. The van der Waals surface area contributed by atoms with E-state index < -0.39 is 0 Å². The Bertz CT molecular complexity index is 1050. The molecule has 6 nitrogen and oxygen atoms in total. The second-order valence-electron chi connectivity index (χ2n) is 6.51. The van der Waals surface area contributed by atoms with Crippen LogP contribution in [-0.2, 0) is 4.74 Å². The van der Waals surface area contributed by atoms with Crippen LogP contribution in [0, 0.1) is 0 Å². The number of pyridine rings is 1. The lowest BCUT2D eigenvalue weighted by molar-refractivity contribution is 0.122. The Kier molecular flexibility index (Phi) is 4.03. The first kappa shape index (κ1) is 16.0. The Balaban J connectivity index is 1.60. The number of anilines is 1. The number of rotatable bonds is 3. The molecule has 27 heavy (non-hydrogen) atoms. The summed E-state index contributed by atoms with van der Waals surface area (Å²) in [4.78, 5) is 15.7. The molecule has 0 amide bonds. The van der Waals surface area contributed by atoms with Crippen molar-refractivity contribution in [3.63, 3.8) is 0 Å². The highest BCUT2D eigenvalue weighted by molar-refractivity contribution is 5.88. The van der Waals surface area contributed by atoms with Gasteiger partial charge in [-0.1, -0.05) is 18.2 Å². The predicted octanol–water partition coefficient (Wildman–Crippen LogP) is 3.32. The normalized spacial score (nSPS) is 14.6. The van der Waals surface area contributed by atoms with E-state index >= 15 is 0 Å². The molecule has 1 aliphatic heterocycles. The quantitative estimate of drug-likeness (QED) is 0.563. The first-order chi connectivity index (χ1) is 13.4. The third-order valence-electron chi connectivity index (χ3n) is 4.85. The maximum absolute atomic E-state index is 5.41. The minimum absolute atomic E-state index is 0.723. The maximum Gasteiger partial charge on any atom is 0.225 e. The summed E-state index contributed by atoms with van der Waals surface area (Å²) in [5.74, 6) is 0.756. The van der Waals surface area contributed by atoms with E-state index in [1.165, 1.54) is 0 Å². The topological polar surface area (TPSA) is 56.1 Å². The molecule has 1 aromatic carbocycles.